The second-order valence-corrected chi connectivity index (χ2v) is 6.39. The third-order valence-corrected chi connectivity index (χ3v) is 4.36. The Labute approximate surface area is 134 Å². The lowest BCUT2D eigenvalue weighted by molar-refractivity contribution is -0.118. The molecule has 3 rings (SSSR count). The molecule has 23 heavy (non-hydrogen) atoms. The first-order valence-corrected chi connectivity index (χ1v) is 8.03. The Morgan fingerprint density at radius 1 is 1.39 bits per heavy atom. The van der Waals surface area contributed by atoms with Gasteiger partial charge in [0.2, 0.25) is 5.91 Å². The average molecular weight is 314 g/mol. The highest BCUT2D eigenvalue weighted by molar-refractivity contribution is 5.78. The van der Waals surface area contributed by atoms with Gasteiger partial charge in [0.05, 0.1) is 17.4 Å². The fourth-order valence-corrected chi connectivity index (χ4v) is 3.28. The molecule has 1 saturated heterocycles. The van der Waals surface area contributed by atoms with Crippen molar-refractivity contribution in [3.05, 3.63) is 40.4 Å². The number of fused-ring (bicyclic) bond motifs is 1. The molecule has 1 aromatic carbocycles. The lowest BCUT2D eigenvalue weighted by atomic mass is 10.0. The summed E-state index contributed by atoms with van der Waals surface area (Å²) in [5.41, 5.74) is 5.79. The van der Waals surface area contributed by atoms with Gasteiger partial charge in [0.25, 0.3) is 5.56 Å². The van der Waals surface area contributed by atoms with E-state index in [9.17, 15) is 9.59 Å². The molecule has 1 atom stereocenters. The van der Waals surface area contributed by atoms with Crippen LogP contribution in [-0.4, -0.2) is 33.4 Å². The summed E-state index contributed by atoms with van der Waals surface area (Å²) in [6.45, 7) is 4.65. The molecule has 1 aliphatic heterocycles. The second kappa shape index (κ2) is 6.50. The number of primary amides is 1. The molecule has 0 saturated carbocycles. The summed E-state index contributed by atoms with van der Waals surface area (Å²) in [4.78, 5) is 31.0. The first-order chi connectivity index (χ1) is 11.0. The molecule has 2 heterocycles. The van der Waals surface area contributed by atoms with E-state index >= 15 is 0 Å². The predicted octanol–water partition coefficient (Wildman–Crippen LogP) is 1.11. The standard InChI is InChI=1S/C17H22N4O2/c1-12-5-4-8-20(9-12)11-16-19-14-7-3-2-6-13(14)17(23)21(16)10-15(18)22/h2-3,6-7,12H,4-5,8-11H2,1H3,(H2,18,22)/t12-/m1/s1. The zero-order valence-corrected chi connectivity index (χ0v) is 13.4. The molecule has 2 N–H and O–H groups in total. The van der Waals surface area contributed by atoms with Crippen LogP contribution in [0.4, 0.5) is 0 Å². The van der Waals surface area contributed by atoms with Crippen LogP contribution >= 0.6 is 0 Å². The van der Waals surface area contributed by atoms with E-state index in [0.29, 0.717) is 29.2 Å². The molecule has 1 aromatic heterocycles. The Balaban J connectivity index is 2.02. The van der Waals surface area contributed by atoms with Crippen LogP contribution in [0.2, 0.25) is 0 Å². The van der Waals surface area contributed by atoms with Gasteiger partial charge in [-0.15, -0.1) is 0 Å². The molecule has 0 spiro atoms. The van der Waals surface area contributed by atoms with E-state index in [1.54, 1.807) is 12.1 Å². The maximum Gasteiger partial charge on any atom is 0.261 e. The zero-order valence-electron chi connectivity index (χ0n) is 13.4. The minimum Gasteiger partial charge on any atom is -0.368 e. The smallest absolute Gasteiger partial charge is 0.261 e. The molecule has 2 aromatic rings. The lowest BCUT2D eigenvalue weighted by Crippen LogP contribution is -2.38. The molecule has 0 unspecified atom stereocenters. The summed E-state index contributed by atoms with van der Waals surface area (Å²) in [5, 5.41) is 0.518. The van der Waals surface area contributed by atoms with Gasteiger partial charge in [-0.2, -0.15) is 0 Å². The van der Waals surface area contributed by atoms with Crippen LogP contribution < -0.4 is 11.3 Å². The SMILES string of the molecule is C[C@@H]1CCCN(Cc2nc3ccccc3c(=O)n2CC(N)=O)C1. The molecule has 0 radical (unpaired) electrons. The number of benzene rings is 1. The maximum atomic E-state index is 12.7. The number of rotatable bonds is 4. The Hall–Kier alpha value is -2.21. The van der Waals surface area contributed by atoms with Gasteiger partial charge in [-0.1, -0.05) is 19.1 Å². The topological polar surface area (TPSA) is 81.2 Å². The minimum absolute atomic E-state index is 0.130. The Morgan fingerprint density at radius 3 is 2.91 bits per heavy atom. The van der Waals surface area contributed by atoms with E-state index in [2.05, 4.69) is 16.8 Å². The van der Waals surface area contributed by atoms with Crippen molar-refractivity contribution in [1.82, 2.24) is 14.5 Å². The van der Waals surface area contributed by atoms with E-state index < -0.39 is 5.91 Å². The van der Waals surface area contributed by atoms with Crippen LogP contribution in [0.25, 0.3) is 10.9 Å². The van der Waals surface area contributed by atoms with Gasteiger partial charge in [-0.25, -0.2) is 4.98 Å². The molecule has 6 nitrogen and oxygen atoms in total. The number of carbonyl (C=O) groups excluding carboxylic acids is 1. The predicted molar refractivity (Wildman–Crippen MR) is 88.9 cm³/mol. The number of amides is 1. The Kier molecular flexibility index (Phi) is 4.43. The fourth-order valence-electron chi connectivity index (χ4n) is 3.28. The van der Waals surface area contributed by atoms with Crippen molar-refractivity contribution in [3.63, 3.8) is 0 Å². The van der Waals surface area contributed by atoms with Crippen LogP contribution in [0, 0.1) is 5.92 Å². The van der Waals surface area contributed by atoms with Crippen molar-refractivity contribution in [1.29, 1.82) is 0 Å². The summed E-state index contributed by atoms with van der Waals surface area (Å²) in [6, 6.07) is 7.22. The zero-order chi connectivity index (χ0) is 16.4. The molecule has 0 bridgehead atoms. The molecular weight excluding hydrogens is 292 g/mol. The van der Waals surface area contributed by atoms with Gasteiger partial charge in [0, 0.05) is 6.54 Å². The van der Waals surface area contributed by atoms with E-state index in [1.807, 2.05) is 12.1 Å². The van der Waals surface area contributed by atoms with Crippen molar-refractivity contribution >= 4 is 16.8 Å². The van der Waals surface area contributed by atoms with Crippen molar-refractivity contribution in [3.8, 4) is 0 Å². The largest absolute Gasteiger partial charge is 0.368 e. The number of aromatic nitrogens is 2. The summed E-state index contributed by atoms with van der Waals surface area (Å²) in [6.07, 6.45) is 2.38. The number of piperidine rings is 1. The molecular formula is C17H22N4O2. The summed E-state index contributed by atoms with van der Waals surface area (Å²) in [5.74, 6) is 0.722. The van der Waals surface area contributed by atoms with Gasteiger partial charge < -0.3 is 5.73 Å². The van der Waals surface area contributed by atoms with E-state index in [-0.39, 0.29) is 12.1 Å². The van der Waals surface area contributed by atoms with Crippen LogP contribution in [0.15, 0.2) is 29.1 Å². The van der Waals surface area contributed by atoms with Gasteiger partial charge in [0.1, 0.15) is 12.4 Å². The van der Waals surface area contributed by atoms with Gasteiger partial charge in [0.15, 0.2) is 0 Å². The highest BCUT2D eigenvalue weighted by atomic mass is 16.2. The summed E-state index contributed by atoms with van der Waals surface area (Å²) < 4.78 is 1.42. The van der Waals surface area contributed by atoms with Crippen molar-refractivity contribution in [2.75, 3.05) is 13.1 Å². The lowest BCUT2D eigenvalue weighted by Gasteiger charge is -2.31. The molecule has 0 aliphatic carbocycles. The van der Waals surface area contributed by atoms with Gasteiger partial charge >= 0.3 is 0 Å². The molecule has 122 valence electrons. The normalized spacial score (nSPS) is 19.1. The molecule has 1 fully saturated rings. The fraction of sp³-hybridized carbons (Fsp3) is 0.471. The number of para-hydroxylation sites is 1. The third-order valence-electron chi connectivity index (χ3n) is 4.36. The van der Waals surface area contributed by atoms with Crippen LogP contribution in [-0.2, 0) is 17.9 Å². The van der Waals surface area contributed by atoms with E-state index in [0.717, 1.165) is 19.5 Å². The monoisotopic (exact) mass is 314 g/mol. The van der Waals surface area contributed by atoms with Crippen LogP contribution in [0.3, 0.4) is 0 Å². The van der Waals surface area contributed by atoms with E-state index in [4.69, 9.17) is 5.73 Å². The highest BCUT2D eigenvalue weighted by Gasteiger charge is 2.20. The summed E-state index contributed by atoms with van der Waals surface area (Å²) >= 11 is 0. The van der Waals surface area contributed by atoms with Crippen LogP contribution in [0.1, 0.15) is 25.6 Å². The first-order valence-electron chi connectivity index (χ1n) is 8.03. The second-order valence-electron chi connectivity index (χ2n) is 6.39. The number of hydrogen-bond donors (Lipinski definition) is 1. The number of nitrogens with two attached hydrogens (primary N) is 1. The highest BCUT2D eigenvalue weighted by Crippen LogP contribution is 2.18. The summed E-state index contributed by atoms with van der Waals surface area (Å²) in [7, 11) is 0. The van der Waals surface area contributed by atoms with Gasteiger partial charge in [-0.05, 0) is 37.4 Å². The Bertz CT molecular complexity index is 784. The van der Waals surface area contributed by atoms with Crippen molar-refractivity contribution < 1.29 is 4.79 Å². The Morgan fingerprint density at radius 2 is 2.17 bits per heavy atom. The third kappa shape index (κ3) is 3.42. The quantitative estimate of drug-likeness (QED) is 0.917. The maximum absolute atomic E-state index is 12.7. The first kappa shape index (κ1) is 15.7. The average Bonchev–Trinajstić information content (AvgIpc) is 2.51. The van der Waals surface area contributed by atoms with Crippen molar-refractivity contribution in [2.24, 2.45) is 11.7 Å². The minimum atomic E-state index is -0.530. The molecule has 6 heteroatoms. The van der Waals surface area contributed by atoms with Gasteiger partial charge in [-0.3, -0.25) is 19.1 Å². The molecule has 1 aliphatic rings. The van der Waals surface area contributed by atoms with Crippen molar-refractivity contribution in [2.45, 2.75) is 32.9 Å². The number of hydrogen-bond acceptors (Lipinski definition) is 4. The number of carbonyl (C=O) groups is 1. The number of likely N-dealkylation sites (tertiary alicyclic amines) is 1. The van der Waals surface area contributed by atoms with Crippen LogP contribution in [0.5, 0.6) is 0 Å². The molecule has 1 amide bonds. The number of nitrogens with zero attached hydrogens (tertiary/aromatic N) is 3. The van der Waals surface area contributed by atoms with E-state index in [1.165, 1.54) is 11.0 Å².